The number of halogens is 3. The van der Waals surface area contributed by atoms with Gasteiger partial charge in [0.25, 0.3) is 0 Å². The molecule has 0 aromatic rings. The minimum Gasteiger partial charge on any atom is -0.431 e. The van der Waals surface area contributed by atoms with Gasteiger partial charge in [-0.3, -0.25) is 4.79 Å². The highest BCUT2D eigenvalue weighted by molar-refractivity contribution is 5.93. The van der Waals surface area contributed by atoms with Gasteiger partial charge in [-0.15, -0.1) is 0 Å². The van der Waals surface area contributed by atoms with E-state index in [1.807, 2.05) is 0 Å². The number of hydrogen-bond acceptors (Lipinski definition) is 7. The van der Waals surface area contributed by atoms with Crippen LogP contribution in [0.15, 0.2) is 23.6 Å². The molecule has 10 heteroatoms. The molecule has 0 radical (unpaired) electrons. The van der Waals surface area contributed by atoms with Crippen LogP contribution in [-0.4, -0.2) is 53.4 Å². The first-order valence-electron chi connectivity index (χ1n) is 14.7. The molecule has 0 aromatic carbocycles. The molecule has 0 heterocycles. The molecule has 5 aliphatic carbocycles. The van der Waals surface area contributed by atoms with E-state index in [9.17, 15) is 23.9 Å². The molecular weight excluding hydrogens is 541 g/mol. The maximum atomic E-state index is 17.5. The third-order valence-corrected chi connectivity index (χ3v) is 11.4. The number of aliphatic hydroxyl groups is 1. The summed E-state index contributed by atoms with van der Waals surface area (Å²) in [5.74, 6) is -4.76. The van der Waals surface area contributed by atoms with Gasteiger partial charge in [-0.05, 0) is 68.4 Å². The number of allylic oxidation sites excluding steroid dienone is 4. The molecule has 0 aromatic heterocycles. The van der Waals surface area contributed by atoms with Crippen LogP contribution in [0.1, 0.15) is 86.0 Å². The fourth-order valence-corrected chi connectivity index (χ4v) is 9.37. The minimum atomic E-state index is -2.37. The van der Waals surface area contributed by atoms with Crippen LogP contribution in [-0.2, 0) is 23.8 Å². The van der Waals surface area contributed by atoms with Crippen molar-refractivity contribution in [1.82, 2.24) is 0 Å². The lowest BCUT2D eigenvalue weighted by Crippen LogP contribution is -2.70. The standard InChI is InChI=1S/C31H41F3O7/c1-17-11-20-21-13-23(33)22-12-18(35)8-10-28(22,4)30(21,34)24(36)15-29(20,5)31(17,25(37)39-16-32)41-26(38)40-19-7-6-9-27(2,3)14-19/h8,10,17,19-21,24,36H,6-7,9,11-16H2,1-5H3/t17-,19?,20+,21+,24+,28+,29+,30+,31+/m1/s1. The fourth-order valence-electron chi connectivity index (χ4n) is 9.37. The fraction of sp³-hybridized carbons (Fsp3) is 0.774. The predicted octanol–water partition coefficient (Wildman–Crippen LogP) is 6.23. The van der Waals surface area contributed by atoms with Gasteiger partial charge in [0.2, 0.25) is 12.5 Å². The van der Waals surface area contributed by atoms with E-state index in [0.29, 0.717) is 12.8 Å². The lowest BCUT2D eigenvalue weighted by atomic mass is 9.45. The van der Waals surface area contributed by atoms with E-state index < -0.39 is 76.9 Å². The first kappa shape index (κ1) is 30.1. The summed E-state index contributed by atoms with van der Waals surface area (Å²) in [6.45, 7) is 7.40. The van der Waals surface area contributed by atoms with Crippen LogP contribution in [0.2, 0.25) is 0 Å². The Morgan fingerprint density at radius 3 is 2.51 bits per heavy atom. The van der Waals surface area contributed by atoms with Crippen molar-refractivity contribution in [3.05, 3.63) is 23.6 Å². The summed E-state index contributed by atoms with van der Waals surface area (Å²) in [5.41, 5.74) is -7.52. The predicted molar refractivity (Wildman–Crippen MR) is 141 cm³/mol. The molecule has 5 rings (SSSR count). The van der Waals surface area contributed by atoms with E-state index >= 15 is 8.78 Å². The normalized spacial score (nSPS) is 44.9. The van der Waals surface area contributed by atoms with E-state index in [-0.39, 0.29) is 42.5 Å². The number of fused-ring (bicyclic) bond motifs is 5. The Morgan fingerprint density at radius 2 is 1.85 bits per heavy atom. The Kier molecular flexibility index (Phi) is 7.23. The van der Waals surface area contributed by atoms with Gasteiger partial charge in [-0.25, -0.2) is 22.8 Å². The summed E-state index contributed by atoms with van der Waals surface area (Å²) in [7, 11) is 0. The van der Waals surface area contributed by atoms with E-state index in [1.165, 1.54) is 19.1 Å². The Morgan fingerprint density at radius 1 is 1.15 bits per heavy atom. The first-order valence-corrected chi connectivity index (χ1v) is 14.7. The van der Waals surface area contributed by atoms with Gasteiger partial charge in [-0.2, -0.15) is 0 Å². The zero-order chi connectivity index (χ0) is 30.2. The molecule has 0 bridgehead atoms. The van der Waals surface area contributed by atoms with Gasteiger partial charge in [0.1, 0.15) is 11.9 Å². The molecule has 1 unspecified atom stereocenters. The van der Waals surface area contributed by atoms with Crippen molar-refractivity contribution in [3.63, 3.8) is 0 Å². The number of rotatable bonds is 4. The van der Waals surface area contributed by atoms with Crippen LogP contribution in [0.4, 0.5) is 18.0 Å². The van der Waals surface area contributed by atoms with Crippen LogP contribution in [0.5, 0.6) is 0 Å². The van der Waals surface area contributed by atoms with Crippen LogP contribution >= 0.6 is 0 Å². The monoisotopic (exact) mass is 582 g/mol. The lowest BCUT2D eigenvalue weighted by molar-refractivity contribution is -0.231. The van der Waals surface area contributed by atoms with Crippen LogP contribution in [0.25, 0.3) is 0 Å². The average molecular weight is 583 g/mol. The number of carbonyl (C=O) groups is 3. The first-order chi connectivity index (χ1) is 19.1. The van der Waals surface area contributed by atoms with Crippen molar-refractivity contribution in [2.24, 2.45) is 34.0 Å². The van der Waals surface area contributed by atoms with Crippen molar-refractivity contribution in [2.75, 3.05) is 6.86 Å². The maximum Gasteiger partial charge on any atom is 0.509 e. The average Bonchev–Trinajstić information content (AvgIpc) is 3.08. The van der Waals surface area contributed by atoms with Crippen LogP contribution < -0.4 is 0 Å². The number of aliphatic hydroxyl groups excluding tert-OH is 1. The third-order valence-electron chi connectivity index (χ3n) is 11.4. The SMILES string of the molecule is C[C@@H]1C[C@H]2[C@@H]3CC(F)=C4CC(=O)C=C[C@]4(C)[C@@]3(F)[C@@H](O)C[C@]2(C)[C@@]1(OC(=O)OC1CCCC(C)(C)C1)C(=O)OCF. The Labute approximate surface area is 238 Å². The molecule has 0 aliphatic heterocycles. The number of ether oxygens (including phenoxy) is 3. The lowest BCUT2D eigenvalue weighted by Gasteiger charge is -2.62. The summed E-state index contributed by atoms with van der Waals surface area (Å²) in [6.07, 6.45) is 1.49. The Bertz CT molecular complexity index is 1200. The molecule has 0 saturated heterocycles. The second-order valence-corrected chi connectivity index (χ2v) is 14.2. The molecule has 7 nitrogen and oxygen atoms in total. The molecule has 0 spiro atoms. The van der Waals surface area contributed by atoms with E-state index in [1.54, 1.807) is 13.8 Å². The number of alkyl halides is 2. The Balaban J connectivity index is 1.54. The second kappa shape index (κ2) is 9.85. The summed E-state index contributed by atoms with van der Waals surface area (Å²) in [5, 5.41) is 11.6. The maximum absolute atomic E-state index is 17.5. The van der Waals surface area contributed by atoms with Crippen molar-refractivity contribution in [2.45, 2.75) is 109 Å². The van der Waals surface area contributed by atoms with E-state index in [2.05, 4.69) is 13.8 Å². The van der Waals surface area contributed by atoms with Gasteiger partial charge in [0, 0.05) is 35.5 Å². The van der Waals surface area contributed by atoms with E-state index in [0.717, 1.165) is 12.8 Å². The molecule has 228 valence electrons. The van der Waals surface area contributed by atoms with Gasteiger partial charge in [0.05, 0.1) is 6.10 Å². The van der Waals surface area contributed by atoms with Gasteiger partial charge in [-0.1, -0.05) is 33.8 Å². The van der Waals surface area contributed by atoms with E-state index in [4.69, 9.17) is 14.2 Å². The highest BCUT2D eigenvalue weighted by atomic mass is 19.1. The molecule has 0 amide bonds. The molecular formula is C31H41F3O7. The molecule has 5 aliphatic rings. The summed E-state index contributed by atoms with van der Waals surface area (Å²) in [4.78, 5) is 39.0. The molecule has 9 atom stereocenters. The number of carbonyl (C=O) groups excluding carboxylic acids is 3. The van der Waals surface area contributed by atoms with Crippen LogP contribution in [0, 0.1) is 34.0 Å². The number of hydrogen-bond donors (Lipinski definition) is 1. The summed E-state index contributed by atoms with van der Waals surface area (Å²) >= 11 is 0. The highest BCUT2D eigenvalue weighted by Crippen LogP contribution is 2.71. The summed E-state index contributed by atoms with van der Waals surface area (Å²) in [6, 6.07) is 0. The van der Waals surface area contributed by atoms with Gasteiger partial charge >= 0.3 is 12.1 Å². The number of esters is 1. The highest BCUT2D eigenvalue weighted by Gasteiger charge is 2.78. The topological polar surface area (TPSA) is 99.1 Å². The van der Waals surface area contributed by atoms with Crippen molar-refractivity contribution in [1.29, 1.82) is 0 Å². The minimum absolute atomic E-state index is 0.0239. The largest absolute Gasteiger partial charge is 0.509 e. The quantitative estimate of drug-likeness (QED) is 0.392. The summed E-state index contributed by atoms with van der Waals surface area (Å²) < 4.78 is 63.0. The number of ketones is 1. The van der Waals surface area contributed by atoms with Crippen molar-refractivity contribution < 1.29 is 46.9 Å². The second-order valence-electron chi connectivity index (χ2n) is 14.2. The smallest absolute Gasteiger partial charge is 0.431 e. The molecule has 3 saturated carbocycles. The van der Waals surface area contributed by atoms with Gasteiger partial charge in [0.15, 0.2) is 11.5 Å². The molecule has 41 heavy (non-hydrogen) atoms. The van der Waals surface area contributed by atoms with Crippen molar-refractivity contribution >= 4 is 17.9 Å². The third kappa shape index (κ3) is 4.20. The zero-order valence-corrected chi connectivity index (χ0v) is 24.4. The molecule has 3 fully saturated rings. The zero-order valence-electron chi connectivity index (χ0n) is 24.4. The Hall–Kier alpha value is -2.36. The van der Waals surface area contributed by atoms with Crippen molar-refractivity contribution in [3.8, 4) is 0 Å². The van der Waals surface area contributed by atoms with Crippen LogP contribution in [0.3, 0.4) is 0 Å². The van der Waals surface area contributed by atoms with Gasteiger partial charge < -0.3 is 19.3 Å². The molecule has 1 N–H and O–H groups in total.